The Kier molecular flexibility index (Phi) is 3.28. The molecule has 0 aromatic heterocycles. The van der Waals surface area contributed by atoms with Crippen molar-refractivity contribution in [2.45, 2.75) is 32.6 Å². The van der Waals surface area contributed by atoms with Crippen molar-refractivity contribution in [3.05, 3.63) is 35.4 Å². The molecule has 1 fully saturated rings. The Morgan fingerprint density at radius 3 is 2.94 bits per heavy atom. The van der Waals surface area contributed by atoms with Crippen molar-refractivity contribution in [2.24, 2.45) is 11.8 Å². The molecule has 2 nitrogen and oxygen atoms in total. The summed E-state index contributed by atoms with van der Waals surface area (Å²) >= 11 is 0. The molecule has 86 valence electrons. The predicted molar refractivity (Wildman–Crippen MR) is 63.3 cm³/mol. The van der Waals surface area contributed by atoms with Gasteiger partial charge in [-0.3, -0.25) is 4.79 Å². The van der Waals surface area contributed by atoms with E-state index in [1.807, 2.05) is 0 Å². The average molecular weight is 218 g/mol. The Bertz CT molecular complexity index is 384. The van der Waals surface area contributed by atoms with Crippen LogP contribution >= 0.6 is 0 Å². The number of aliphatic carboxylic acids is 1. The highest BCUT2D eigenvalue weighted by Gasteiger charge is 2.32. The number of carbonyl (C=O) groups is 1. The van der Waals surface area contributed by atoms with Crippen molar-refractivity contribution < 1.29 is 9.90 Å². The molecule has 0 amide bonds. The lowest BCUT2D eigenvalue weighted by Crippen LogP contribution is -2.19. The summed E-state index contributed by atoms with van der Waals surface area (Å²) in [6, 6.07) is 8.39. The minimum absolute atomic E-state index is 0.125. The topological polar surface area (TPSA) is 37.3 Å². The van der Waals surface area contributed by atoms with E-state index < -0.39 is 5.97 Å². The zero-order valence-corrected chi connectivity index (χ0v) is 9.65. The number of carboxylic acid groups (broad SMARTS) is 1. The number of hydrogen-bond acceptors (Lipinski definition) is 1. The maximum absolute atomic E-state index is 11.1. The standard InChI is InChI=1S/C14H18O2/c1-10-4-2-5-11(8-10)9-12-6-3-7-13(12)14(15)16/h2,4-5,8,12-13H,3,6-7,9H2,1H3,(H,15,16). The quantitative estimate of drug-likeness (QED) is 0.846. The summed E-state index contributed by atoms with van der Waals surface area (Å²) in [6.45, 7) is 2.08. The van der Waals surface area contributed by atoms with Crippen LogP contribution in [0.3, 0.4) is 0 Å². The van der Waals surface area contributed by atoms with Crippen molar-refractivity contribution in [1.82, 2.24) is 0 Å². The van der Waals surface area contributed by atoms with Gasteiger partial charge in [-0.2, -0.15) is 0 Å². The molecule has 0 radical (unpaired) electrons. The third-order valence-corrected chi connectivity index (χ3v) is 3.56. The fourth-order valence-corrected chi connectivity index (χ4v) is 2.75. The lowest BCUT2D eigenvalue weighted by atomic mass is 9.89. The number of benzene rings is 1. The van der Waals surface area contributed by atoms with Crippen LogP contribution < -0.4 is 0 Å². The summed E-state index contributed by atoms with van der Waals surface area (Å²) in [4.78, 5) is 11.1. The Morgan fingerprint density at radius 1 is 1.44 bits per heavy atom. The number of carboxylic acids is 1. The van der Waals surface area contributed by atoms with Crippen LogP contribution in [0.25, 0.3) is 0 Å². The first-order chi connectivity index (χ1) is 7.66. The maximum atomic E-state index is 11.1. The van der Waals surface area contributed by atoms with Crippen molar-refractivity contribution in [2.75, 3.05) is 0 Å². The molecule has 2 atom stereocenters. The van der Waals surface area contributed by atoms with E-state index in [1.165, 1.54) is 11.1 Å². The van der Waals surface area contributed by atoms with Gasteiger partial charge in [-0.15, -0.1) is 0 Å². The summed E-state index contributed by atoms with van der Waals surface area (Å²) in [5.74, 6) is -0.407. The molecule has 16 heavy (non-hydrogen) atoms. The van der Waals surface area contributed by atoms with Gasteiger partial charge in [0, 0.05) is 0 Å². The monoisotopic (exact) mass is 218 g/mol. The normalized spacial score (nSPS) is 24.6. The molecule has 2 unspecified atom stereocenters. The van der Waals surface area contributed by atoms with E-state index in [0.29, 0.717) is 5.92 Å². The smallest absolute Gasteiger partial charge is 0.306 e. The molecule has 0 heterocycles. The van der Waals surface area contributed by atoms with E-state index in [0.717, 1.165) is 25.7 Å². The first-order valence-electron chi connectivity index (χ1n) is 5.95. The second kappa shape index (κ2) is 4.69. The largest absolute Gasteiger partial charge is 0.481 e. The van der Waals surface area contributed by atoms with Gasteiger partial charge in [-0.05, 0) is 37.7 Å². The van der Waals surface area contributed by atoms with Gasteiger partial charge in [0.2, 0.25) is 0 Å². The van der Waals surface area contributed by atoms with Gasteiger partial charge < -0.3 is 5.11 Å². The molecule has 1 aromatic carbocycles. The second-order valence-corrected chi connectivity index (χ2v) is 4.83. The van der Waals surface area contributed by atoms with Crippen LogP contribution in [0.2, 0.25) is 0 Å². The Morgan fingerprint density at radius 2 is 2.25 bits per heavy atom. The average Bonchev–Trinajstić information content (AvgIpc) is 2.66. The highest BCUT2D eigenvalue weighted by molar-refractivity contribution is 5.70. The summed E-state index contributed by atoms with van der Waals surface area (Å²) in [7, 11) is 0. The van der Waals surface area contributed by atoms with Crippen LogP contribution in [-0.4, -0.2) is 11.1 Å². The van der Waals surface area contributed by atoms with E-state index in [2.05, 4.69) is 31.2 Å². The van der Waals surface area contributed by atoms with E-state index in [-0.39, 0.29) is 5.92 Å². The van der Waals surface area contributed by atoms with E-state index in [9.17, 15) is 4.79 Å². The zero-order chi connectivity index (χ0) is 11.5. The fourth-order valence-electron chi connectivity index (χ4n) is 2.75. The van der Waals surface area contributed by atoms with E-state index >= 15 is 0 Å². The zero-order valence-electron chi connectivity index (χ0n) is 9.65. The van der Waals surface area contributed by atoms with Crippen LogP contribution in [0.15, 0.2) is 24.3 Å². The summed E-state index contributed by atoms with van der Waals surface area (Å²) in [6.07, 6.45) is 3.89. The molecule has 0 aliphatic heterocycles. The first-order valence-corrected chi connectivity index (χ1v) is 5.95. The van der Waals surface area contributed by atoms with Gasteiger partial charge in [-0.1, -0.05) is 36.2 Å². The Balaban J connectivity index is 2.06. The van der Waals surface area contributed by atoms with Crippen molar-refractivity contribution in [1.29, 1.82) is 0 Å². The molecule has 1 aliphatic carbocycles. The van der Waals surface area contributed by atoms with Crippen LogP contribution in [0.1, 0.15) is 30.4 Å². The van der Waals surface area contributed by atoms with Crippen molar-refractivity contribution >= 4 is 5.97 Å². The van der Waals surface area contributed by atoms with E-state index in [4.69, 9.17) is 5.11 Å². The Hall–Kier alpha value is -1.31. The predicted octanol–water partition coefficient (Wildman–Crippen LogP) is 3.04. The molecule has 0 bridgehead atoms. The van der Waals surface area contributed by atoms with Gasteiger partial charge in [0.05, 0.1) is 5.92 Å². The molecule has 1 aliphatic rings. The van der Waals surface area contributed by atoms with Crippen LogP contribution in [-0.2, 0) is 11.2 Å². The number of rotatable bonds is 3. The summed E-state index contributed by atoms with van der Waals surface area (Å²) in [5.41, 5.74) is 2.53. The minimum atomic E-state index is -0.616. The highest BCUT2D eigenvalue weighted by Crippen LogP contribution is 2.34. The van der Waals surface area contributed by atoms with Gasteiger partial charge in [0.1, 0.15) is 0 Å². The lowest BCUT2D eigenvalue weighted by molar-refractivity contribution is -0.142. The fraction of sp³-hybridized carbons (Fsp3) is 0.500. The molecule has 1 aromatic rings. The Labute approximate surface area is 96.3 Å². The molecule has 0 saturated heterocycles. The lowest BCUT2D eigenvalue weighted by Gasteiger charge is -2.15. The summed E-state index contributed by atoms with van der Waals surface area (Å²) in [5, 5.41) is 9.12. The molecule has 1 N–H and O–H groups in total. The second-order valence-electron chi connectivity index (χ2n) is 4.83. The van der Waals surface area contributed by atoms with Crippen molar-refractivity contribution in [3.8, 4) is 0 Å². The molecule has 2 heteroatoms. The molecule has 2 rings (SSSR count). The third-order valence-electron chi connectivity index (χ3n) is 3.56. The van der Waals surface area contributed by atoms with Gasteiger partial charge in [0.25, 0.3) is 0 Å². The van der Waals surface area contributed by atoms with Crippen molar-refractivity contribution in [3.63, 3.8) is 0 Å². The summed E-state index contributed by atoms with van der Waals surface area (Å²) < 4.78 is 0. The van der Waals surface area contributed by atoms with Crippen LogP contribution in [0, 0.1) is 18.8 Å². The van der Waals surface area contributed by atoms with Crippen LogP contribution in [0.4, 0.5) is 0 Å². The van der Waals surface area contributed by atoms with Gasteiger partial charge >= 0.3 is 5.97 Å². The highest BCUT2D eigenvalue weighted by atomic mass is 16.4. The van der Waals surface area contributed by atoms with Crippen LogP contribution in [0.5, 0.6) is 0 Å². The molecular formula is C14H18O2. The third kappa shape index (κ3) is 2.43. The molecule has 0 spiro atoms. The number of aryl methyl sites for hydroxylation is 1. The van der Waals surface area contributed by atoms with Gasteiger partial charge in [0.15, 0.2) is 0 Å². The minimum Gasteiger partial charge on any atom is -0.481 e. The number of hydrogen-bond donors (Lipinski definition) is 1. The van der Waals surface area contributed by atoms with Gasteiger partial charge in [-0.25, -0.2) is 0 Å². The van der Waals surface area contributed by atoms with E-state index in [1.54, 1.807) is 0 Å². The SMILES string of the molecule is Cc1cccc(CC2CCCC2C(=O)O)c1. The molecule has 1 saturated carbocycles. The first kappa shape index (κ1) is 11.2. The molecular weight excluding hydrogens is 200 g/mol. The maximum Gasteiger partial charge on any atom is 0.306 e.